The highest BCUT2D eigenvalue weighted by atomic mass is 35.5. The quantitative estimate of drug-likeness (QED) is 0.838. The van der Waals surface area contributed by atoms with Gasteiger partial charge in [0.1, 0.15) is 5.82 Å². The molecule has 0 bridgehead atoms. The number of amides is 1. The molecule has 0 aliphatic carbocycles. The summed E-state index contributed by atoms with van der Waals surface area (Å²) >= 11 is 0. The lowest BCUT2D eigenvalue weighted by atomic mass is 10.0. The van der Waals surface area contributed by atoms with Crippen LogP contribution in [0.5, 0.6) is 0 Å². The van der Waals surface area contributed by atoms with Gasteiger partial charge in [0.2, 0.25) is 5.91 Å². The Bertz CT molecular complexity index is 670. The van der Waals surface area contributed by atoms with Crippen molar-refractivity contribution in [3.8, 4) is 0 Å². The van der Waals surface area contributed by atoms with E-state index in [1.807, 2.05) is 39.0 Å². The van der Waals surface area contributed by atoms with Crippen LogP contribution in [0.15, 0.2) is 24.3 Å². The number of halogens is 2. The van der Waals surface area contributed by atoms with Gasteiger partial charge < -0.3 is 15.6 Å². The lowest BCUT2D eigenvalue weighted by Crippen LogP contribution is -2.45. The van der Waals surface area contributed by atoms with Gasteiger partial charge in [0.15, 0.2) is 0 Å². The molecule has 1 amide bonds. The van der Waals surface area contributed by atoms with Gasteiger partial charge in [-0.3, -0.25) is 4.79 Å². The smallest absolute Gasteiger partial charge is 0.237 e. The number of imidazole rings is 1. The second kappa shape index (κ2) is 9.25. The third-order valence-electron chi connectivity index (χ3n) is 3.91. The summed E-state index contributed by atoms with van der Waals surface area (Å²) in [6, 6.07) is 7.60. The van der Waals surface area contributed by atoms with Gasteiger partial charge in [-0.15, -0.1) is 24.8 Å². The molecule has 2 aromatic rings. The van der Waals surface area contributed by atoms with Crippen LogP contribution in [0, 0.1) is 5.92 Å². The highest BCUT2D eigenvalue weighted by molar-refractivity contribution is 5.85. The van der Waals surface area contributed by atoms with E-state index in [2.05, 4.69) is 29.8 Å². The summed E-state index contributed by atoms with van der Waals surface area (Å²) in [6.45, 7) is 10.1. The average molecular weight is 375 g/mol. The molecular formula is C17H28Cl2N4O. The number of aromatic nitrogens is 2. The van der Waals surface area contributed by atoms with Crippen LogP contribution in [0.2, 0.25) is 0 Å². The van der Waals surface area contributed by atoms with Gasteiger partial charge in [-0.1, -0.05) is 26.0 Å². The van der Waals surface area contributed by atoms with E-state index in [-0.39, 0.29) is 48.7 Å². The number of hydrogen-bond donors (Lipinski definition) is 2. The third kappa shape index (κ3) is 4.62. The SMILES string of the molecule is CC(NC(=O)C(N)C(C)C)c1nc2ccccc2n1C(C)C.Cl.Cl. The number of nitrogens with zero attached hydrogens (tertiary/aromatic N) is 2. The maximum Gasteiger partial charge on any atom is 0.237 e. The number of rotatable bonds is 5. The minimum Gasteiger partial charge on any atom is -0.345 e. The molecule has 0 aliphatic rings. The van der Waals surface area contributed by atoms with Crippen LogP contribution < -0.4 is 11.1 Å². The zero-order chi connectivity index (χ0) is 16.4. The summed E-state index contributed by atoms with van der Waals surface area (Å²) in [5, 5.41) is 2.99. The van der Waals surface area contributed by atoms with E-state index < -0.39 is 6.04 Å². The molecule has 0 saturated carbocycles. The summed E-state index contributed by atoms with van der Waals surface area (Å²) in [5.41, 5.74) is 7.95. The normalized spacial score (nSPS) is 13.3. The average Bonchev–Trinajstić information content (AvgIpc) is 2.85. The lowest BCUT2D eigenvalue weighted by molar-refractivity contribution is -0.123. The molecule has 0 fully saturated rings. The molecule has 1 aromatic heterocycles. The molecule has 0 saturated heterocycles. The zero-order valence-corrected chi connectivity index (χ0v) is 16.4. The van der Waals surface area contributed by atoms with Crippen LogP contribution in [0.25, 0.3) is 11.0 Å². The van der Waals surface area contributed by atoms with Crippen molar-refractivity contribution in [3.63, 3.8) is 0 Å². The van der Waals surface area contributed by atoms with Crippen molar-refractivity contribution < 1.29 is 4.79 Å². The first kappa shape index (κ1) is 22.7. The van der Waals surface area contributed by atoms with Crippen LogP contribution in [-0.2, 0) is 4.79 Å². The zero-order valence-electron chi connectivity index (χ0n) is 14.8. The Balaban J connectivity index is 0.00000264. The Kier molecular flexibility index (Phi) is 8.75. The largest absolute Gasteiger partial charge is 0.345 e. The van der Waals surface area contributed by atoms with Crippen LogP contribution in [0.1, 0.15) is 52.5 Å². The van der Waals surface area contributed by atoms with E-state index in [0.717, 1.165) is 16.9 Å². The van der Waals surface area contributed by atoms with Gasteiger partial charge in [0.05, 0.1) is 23.1 Å². The van der Waals surface area contributed by atoms with Crippen molar-refractivity contribution in [2.45, 2.75) is 52.7 Å². The van der Waals surface area contributed by atoms with Crippen molar-refractivity contribution in [1.29, 1.82) is 0 Å². The molecule has 1 aromatic carbocycles. The highest BCUT2D eigenvalue weighted by Gasteiger charge is 2.23. The van der Waals surface area contributed by atoms with Crippen LogP contribution >= 0.6 is 24.8 Å². The Hall–Kier alpha value is -1.30. The van der Waals surface area contributed by atoms with E-state index in [9.17, 15) is 4.79 Å². The molecule has 2 unspecified atom stereocenters. The molecule has 1 heterocycles. The van der Waals surface area contributed by atoms with E-state index in [1.165, 1.54) is 0 Å². The summed E-state index contributed by atoms with van der Waals surface area (Å²) in [5.74, 6) is 0.835. The molecule has 24 heavy (non-hydrogen) atoms. The number of fused-ring (bicyclic) bond motifs is 1. The van der Waals surface area contributed by atoms with Crippen molar-refractivity contribution in [3.05, 3.63) is 30.1 Å². The Morgan fingerprint density at radius 3 is 2.25 bits per heavy atom. The Morgan fingerprint density at radius 2 is 1.71 bits per heavy atom. The standard InChI is InChI=1S/C17H26N4O.2ClH/c1-10(2)15(18)17(22)19-12(5)16-20-13-8-6-7-9-14(13)21(16)11(3)4;;/h6-12,15H,18H2,1-5H3,(H,19,22);2*1H. The van der Waals surface area contributed by atoms with E-state index in [4.69, 9.17) is 10.7 Å². The predicted molar refractivity (Wildman–Crippen MR) is 104 cm³/mol. The molecule has 0 spiro atoms. The number of carbonyl (C=O) groups excluding carboxylic acids is 1. The molecule has 7 heteroatoms. The van der Waals surface area contributed by atoms with Gasteiger partial charge in [-0.2, -0.15) is 0 Å². The first-order valence-corrected chi connectivity index (χ1v) is 7.85. The van der Waals surface area contributed by atoms with E-state index >= 15 is 0 Å². The lowest BCUT2D eigenvalue weighted by Gasteiger charge is -2.21. The number of para-hydroxylation sites is 2. The second-order valence-electron chi connectivity index (χ2n) is 6.42. The van der Waals surface area contributed by atoms with Gasteiger partial charge >= 0.3 is 0 Å². The summed E-state index contributed by atoms with van der Waals surface area (Å²) in [6.07, 6.45) is 0. The van der Waals surface area contributed by atoms with Crippen LogP contribution in [0.3, 0.4) is 0 Å². The number of nitrogens with two attached hydrogens (primary N) is 1. The number of carbonyl (C=O) groups is 1. The fraction of sp³-hybridized carbons (Fsp3) is 0.529. The second-order valence-corrected chi connectivity index (χ2v) is 6.42. The van der Waals surface area contributed by atoms with Crippen molar-refractivity contribution in [2.75, 3.05) is 0 Å². The van der Waals surface area contributed by atoms with E-state index in [0.29, 0.717) is 0 Å². The molecule has 0 aliphatic heterocycles. The Labute approximate surface area is 156 Å². The molecule has 0 radical (unpaired) electrons. The summed E-state index contributed by atoms with van der Waals surface area (Å²) < 4.78 is 2.17. The van der Waals surface area contributed by atoms with Gasteiger partial charge in [-0.05, 0) is 38.8 Å². The minimum absolute atomic E-state index is 0. The highest BCUT2D eigenvalue weighted by Crippen LogP contribution is 2.24. The molecule has 2 rings (SSSR count). The third-order valence-corrected chi connectivity index (χ3v) is 3.91. The summed E-state index contributed by atoms with van der Waals surface area (Å²) in [7, 11) is 0. The van der Waals surface area contributed by atoms with Crippen molar-refractivity contribution in [1.82, 2.24) is 14.9 Å². The maximum atomic E-state index is 12.2. The molecular weight excluding hydrogens is 347 g/mol. The van der Waals surface area contributed by atoms with E-state index in [1.54, 1.807) is 0 Å². The Morgan fingerprint density at radius 1 is 1.12 bits per heavy atom. The predicted octanol–water partition coefficient (Wildman–Crippen LogP) is 3.62. The first-order valence-electron chi connectivity index (χ1n) is 7.85. The van der Waals surface area contributed by atoms with Crippen LogP contribution in [0.4, 0.5) is 0 Å². The van der Waals surface area contributed by atoms with Crippen LogP contribution in [-0.4, -0.2) is 21.5 Å². The van der Waals surface area contributed by atoms with Gasteiger partial charge in [-0.25, -0.2) is 4.98 Å². The molecule has 136 valence electrons. The number of nitrogens with one attached hydrogen (secondary N) is 1. The molecule has 5 nitrogen and oxygen atoms in total. The number of hydrogen-bond acceptors (Lipinski definition) is 3. The number of benzene rings is 1. The molecule has 3 N–H and O–H groups in total. The van der Waals surface area contributed by atoms with Crippen molar-refractivity contribution in [2.24, 2.45) is 11.7 Å². The first-order chi connectivity index (χ1) is 10.3. The summed E-state index contributed by atoms with van der Waals surface area (Å²) in [4.78, 5) is 16.9. The van der Waals surface area contributed by atoms with Gasteiger partial charge in [0, 0.05) is 6.04 Å². The van der Waals surface area contributed by atoms with Gasteiger partial charge in [0.25, 0.3) is 0 Å². The maximum absolute atomic E-state index is 12.2. The molecule has 2 atom stereocenters. The fourth-order valence-corrected chi connectivity index (χ4v) is 2.59. The monoisotopic (exact) mass is 374 g/mol. The fourth-order valence-electron chi connectivity index (χ4n) is 2.59. The topological polar surface area (TPSA) is 72.9 Å². The van der Waals surface area contributed by atoms with Crippen molar-refractivity contribution >= 4 is 41.8 Å². The minimum atomic E-state index is -0.501.